The first-order valence-electron chi connectivity index (χ1n) is 10.3. The number of methoxy groups -OCH3 is 2. The number of hydrogen-bond acceptors (Lipinski definition) is 4. The van der Waals surface area contributed by atoms with Crippen molar-refractivity contribution in [1.29, 1.82) is 0 Å². The average molecular weight is 430 g/mol. The summed E-state index contributed by atoms with van der Waals surface area (Å²) in [5.74, 6) is -0.375. The zero-order valence-corrected chi connectivity index (χ0v) is 18.1. The van der Waals surface area contributed by atoms with Gasteiger partial charge in [0.1, 0.15) is 11.6 Å². The molecule has 0 radical (unpaired) electrons. The maximum Gasteiger partial charge on any atom is 0.254 e. The second-order valence-corrected chi connectivity index (χ2v) is 7.71. The Bertz CT molecular complexity index is 956. The topological polar surface area (TPSA) is 50.8 Å². The van der Waals surface area contributed by atoms with Gasteiger partial charge in [0.25, 0.3) is 5.91 Å². The second-order valence-electron chi connectivity index (χ2n) is 7.71. The SMILES string of the molecule is COc1ccc(C(=O)N(CC(C)=Cc2ccc(F)cc2F)C[C@@H]2CCCN2)cc1OC. The van der Waals surface area contributed by atoms with Crippen LogP contribution in [0.25, 0.3) is 6.08 Å². The highest BCUT2D eigenvalue weighted by atomic mass is 19.1. The molecule has 1 heterocycles. The molecule has 2 aromatic rings. The molecular weight excluding hydrogens is 402 g/mol. The Hall–Kier alpha value is -2.93. The van der Waals surface area contributed by atoms with Crippen molar-refractivity contribution in [2.75, 3.05) is 33.9 Å². The lowest BCUT2D eigenvalue weighted by molar-refractivity contribution is 0.0757. The predicted octanol–water partition coefficient (Wildman–Crippen LogP) is 4.28. The van der Waals surface area contributed by atoms with Crippen molar-refractivity contribution in [3.63, 3.8) is 0 Å². The van der Waals surface area contributed by atoms with Crippen LogP contribution in [-0.4, -0.2) is 50.7 Å². The molecule has 0 unspecified atom stereocenters. The van der Waals surface area contributed by atoms with E-state index in [9.17, 15) is 13.6 Å². The van der Waals surface area contributed by atoms with Gasteiger partial charge >= 0.3 is 0 Å². The maximum absolute atomic E-state index is 14.1. The van der Waals surface area contributed by atoms with Crippen molar-refractivity contribution >= 4 is 12.0 Å². The number of carbonyl (C=O) groups excluding carboxylic acids is 1. The number of carbonyl (C=O) groups is 1. The molecule has 2 aromatic carbocycles. The monoisotopic (exact) mass is 430 g/mol. The van der Waals surface area contributed by atoms with Crippen LogP contribution in [0.15, 0.2) is 42.0 Å². The van der Waals surface area contributed by atoms with Crippen molar-refractivity contribution in [1.82, 2.24) is 10.2 Å². The minimum absolute atomic E-state index is 0.151. The largest absolute Gasteiger partial charge is 0.493 e. The van der Waals surface area contributed by atoms with Gasteiger partial charge in [0.15, 0.2) is 11.5 Å². The molecule has 3 rings (SSSR count). The summed E-state index contributed by atoms with van der Waals surface area (Å²) in [5, 5.41) is 3.41. The predicted molar refractivity (Wildman–Crippen MR) is 116 cm³/mol. The number of hydrogen-bond donors (Lipinski definition) is 1. The van der Waals surface area contributed by atoms with Crippen LogP contribution in [0.2, 0.25) is 0 Å². The smallest absolute Gasteiger partial charge is 0.254 e. The lowest BCUT2D eigenvalue weighted by Gasteiger charge is -2.27. The molecule has 0 saturated carbocycles. The minimum Gasteiger partial charge on any atom is -0.493 e. The Morgan fingerprint density at radius 1 is 1.16 bits per heavy atom. The quantitative estimate of drug-likeness (QED) is 0.679. The fourth-order valence-corrected chi connectivity index (χ4v) is 3.78. The number of nitrogens with one attached hydrogen (secondary N) is 1. The van der Waals surface area contributed by atoms with Gasteiger partial charge in [-0.25, -0.2) is 8.78 Å². The summed E-state index contributed by atoms with van der Waals surface area (Å²) in [5.41, 5.74) is 1.56. The van der Waals surface area contributed by atoms with Gasteiger partial charge in [-0.3, -0.25) is 4.79 Å². The number of rotatable bonds is 8. The fraction of sp³-hybridized carbons (Fsp3) is 0.375. The molecule has 1 N–H and O–H groups in total. The van der Waals surface area contributed by atoms with E-state index in [1.54, 1.807) is 36.3 Å². The molecule has 1 aliphatic rings. The summed E-state index contributed by atoms with van der Waals surface area (Å²) in [4.78, 5) is 15.1. The van der Waals surface area contributed by atoms with E-state index in [1.807, 2.05) is 6.92 Å². The third-order valence-electron chi connectivity index (χ3n) is 5.33. The summed E-state index contributed by atoms with van der Waals surface area (Å²) in [7, 11) is 3.07. The Balaban J connectivity index is 1.85. The number of nitrogens with zero attached hydrogens (tertiary/aromatic N) is 1. The number of halogens is 2. The third kappa shape index (κ3) is 5.82. The highest BCUT2D eigenvalue weighted by molar-refractivity contribution is 5.95. The summed E-state index contributed by atoms with van der Waals surface area (Å²) in [6.45, 7) is 3.62. The Morgan fingerprint density at radius 3 is 2.58 bits per heavy atom. The van der Waals surface area contributed by atoms with Gasteiger partial charge in [-0.1, -0.05) is 11.6 Å². The molecule has 7 heteroatoms. The number of ether oxygens (including phenoxy) is 2. The van der Waals surface area contributed by atoms with E-state index in [-0.39, 0.29) is 17.5 Å². The van der Waals surface area contributed by atoms with Crippen molar-refractivity contribution in [3.8, 4) is 11.5 Å². The highest BCUT2D eigenvalue weighted by Crippen LogP contribution is 2.28. The molecule has 0 aromatic heterocycles. The third-order valence-corrected chi connectivity index (χ3v) is 5.33. The average Bonchev–Trinajstić information content (AvgIpc) is 3.27. The van der Waals surface area contributed by atoms with Gasteiger partial charge in [0.05, 0.1) is 14.2 Å². The molecule has 0 aliphatic carbocycles. The van der Waals surface area contributed by atoms with Crippen LogP contribution < -0.4 is 14.8 Å². The lowest BCUT2D eigenvalue weighted by Crippen LogP contribution is -2.42. The molecule has 1 atom stereocenters. The molecule has 1 aliphatic heterocycles. The van der Waals surface area contributed by atoms with Crippen LogP contribution in [0.5, 0.6) is 11.5 Å². The molecule has 31 heavy (non-hydrogen) atoms. The normalized spacial score (nSPS) is 16.3. The fourth-order valence-electron chi connectivity index (χ4n) is 3.78. The van der Waals surface area contributed by atoms with Gasteiger partial charge in [-0.2, -0.15) is 0 Å². The van der Waals surface area contributed by atoms with Crippen LogP contribution in [0, 0.1) is 11.6 Å². The second kappa shape index (κ2) is 10.4. The van der Waals surface area contributed by atoms with E-state index in [2.05, 4.69) is 5.32 Å². The Morgan fingerprint density at radius 2 is 1.94 bits per heavy atom. The van der Waals surface area contributed by atoms with Crippen molar-refractivity contribution in [3.05, 3.63) is 64.7 Å². The van der Waals surface area contributed by atoms with Gasteiger partial charge in [-0.05, 0) is 56.6 Å². The maximum atomic E-state index is 14.1. The first-order chi connectivity index (χ1) is 14.9. The molecule has 1 saturated heterocycles. The van der Waals surface area contributed by atoms with Crippen LogP contribution in [-0.2, 0) is 0 Å². The van der Waals surface area contributed by atoms with E-state index in [4.69, 9.17) is 9.47 Å². The molecule has 166 valence electrons. The van der Waals surface area contributed by atoms with E-state index < -0.39 is 11.6 Å². The van der Waals surface area contributed by atoms with Crippen molar-refractivity contribution in [2.45, 2.75) is 25.8 Å². The molecule has 0 spiro atoms. The summed E-state index contributed by atoms with van der Waals surface area (Å²) < 4.78 is 37.8. The van der Waals surface area contributed by atoms with Gasteiger partial charge in [0, 0.05) is 36.3 Å². The van der Waals surface area contributed by atoms with Crippen LogP contribution >= 0.6 is 0 Å². The van der Waals surface area contributed by atoms with Gasteiger partial charge in [0.2, 0.25) is 0 Å². The van der Waals surface area contributed by atoms with Crippen LogP contribution in [0.4, 0.5) is 8.78 Å². The summed E-state index contributed by atoms with van der Waals surface area (Å²) in [6, 6.07) is 8.75. The standard InChI is InChI=1S/C24H28F2N2O3/c1-16(11-17-6-8-19(25)13-21(17)26)14-28(15-20-5-4-10-27-20)24(29)18-7-9-22(30-2)23(12-18)31-3/h6-9,11-13,20,27H,4-5,10,14-15H2,1-3H3/t20-/m0/s1. The first-order valence-corrected chi connectivity index (χ1v) is 10.3. The number of benzene rings is 2. The zero-order valence-electron chi connectivity index (χ0n) is 18.1. The number of amides is 1. The lowest BCUT2D eigenvalue weighted by atomic mass is 10.1. The van der Waals surface area contributed by atoms with E-state index in [0.717, 1.165) is 31.0 Å². The van der Waals surface area contributed by atoms with Crippen LogP contribution in [0.3, 0.4) is 0 Å². The Labute approximate surface area is 181 Å². The van der Waals surface area contributed by atoms with Crippen molar-refractivity contribution in [2.24, 2.45) is 0 Å². The minimum atomic E-state index is -0.630. The molecule has 0 bridgehead atoms. The van der Waals surface area contributed by atoms with E-state index in [0.29, 0.717) is 30.2 Å². The molecular formula is C24H28F2N2O3. The molecule has 1 fully saturated rings. The summed E-state index contributed by atoms with van der Waals surface area (Å²) >= 11 is 0. The van der Waals surface area contributed by atoms with Crippen LogP contribution in [0.1, 0.15) is 35.7 Å². The first kappa shape index (κ1) is 22.7. The van der Waals surface area contributed by atoms with Gasteiger partial charge in [-0.15, -0.1) is 0 Å². The van der Waals surface area contributed by atoms with Gasteiger partial charge < -0.3 is 19.7 Å². The Kier molecular flexibility index (Phi) is 7.63. The highest BCUT2D eigenvalue weighted by Gasteiger charge is 2.23. The van der Waals surface area contributed by atoms with Crippen molar-refractivity contribution < 1.29 is 23.0 Å². The summed E-state index contributed by atoms with van der Waals surface area (Å²) in [6.07, 6.45) is 3.70. The van der Waals surface area contributed by atoms with E-state index >= 15 is 0 Å². The molecule has 1 amide bonds. The molecule has 5 nitrogen and oxygen atoms in total. The van der Waals surface area contributed by atoms with E-state index in [1.165, 1.54) is 19.2 Å². The zero-order chi connectivity index (χ0) is 22.4.